The van der Waals surface area contributed by atoms with Gasteiger partial charge in [0.15, 0.2) is 17.5 Å². The number of nitrogens with one attached hydrogen (secondary N) is 2. The Morgan fingerprint density at radius 2 is 2.04 bits per heavy atom. The molecular formula is C20H31N3O4. The van der Waals surface area contributed by atoms with E-state index in [0.29, 0.717) is 18.6 Å². The minimum atomic E-state index is 0.273. The molecule has 0 spiro atoms. The van der Waals surface area contributed by atoms with Crippen LogP contribution in [0.5, 0.6) is 17.2 Å². The molecule has 0 amide bonds. The molecule has 2 N–H and O–H groups in total. The van der Waals surface area contributed by atoms with Crippen LogP contribution in [-0.4, -0.2) is 52.7 Å². The summed E-state index contributed by atoms with van der Waals surface area (Å²) in [6.45, 7) is 6.04. The number of hydrogen-bond donors (Lipinski definition) is 2. The summed E-state index contributed by atoms with van der Waals surface area (Å²) in [6, 6.07) is 5.62. The molecule has 27 heavy (non-hydrogen) atoms. The van der Waals surface area contributed by atoms with Crippen molar-refractivity contribution in [2.45, 2.75) is 32.6 Å². The Labute approximate surface area is 161 Å². The lowest BCUT2D eigenvalue weighted by Gasteiger charge is -2.40. The molecule has 7 nitrogen and oxygen atoms in total. The lowest BCUT2D eigenvalue weighted by Crippen LogP contribution is -2.41. The van der Waals surface area contributed by atoms with Crippen molar-refractivity contribution in [2.24, 2.45) is 10.4 Å². The van der Waals surface area contributed by atoms with Gasteiger partial charge < -0.3 is 29.6 Å². The van der Waals surface area contributed by atoms with Gasteiger partial charge in [0, 0.05) is 32.9 Å². The summed E-state index contributed by atoms with van der Waals surface area (Å²) >= 11 is 0. The molecule has 3 rings (SSSR count). The van der Waals surface area contributed by atoms with E-state index in [4.69, 9.17) is 23.9 Å². The predicted molar refractivity (Wildman–Crippen MR) is 105 cm³/mol. The molecule has 1 aromatic rings. The fourth-order valence-corrected chi connectivity index (χ4v) is 3.38. The summed E-state index contributed by atoms with van der Waals surface area (Å²) in [5.74, 6) is 3.11. The third-order valence-corrected chi connectivity index (χ3v) is 5.17. The van der Waals surface area contributed by atoms with Gasteiger partial charge in [-0.15, -0.1) is 0 Å². The first-order valence-electron chi connectivity index (χ1n) is 9.78. The van der Waals surface area contributed by atoms with Crippen LogP contribution in [0.25, 0.3) is 0 Å². The normalized spacial score (nSPS) is 17.3. The van der Waals surface area contributed by atoms with Crippen molar-refractivity contribution < 1.29 is 18.9 Å². The summed E-state index contributed by atoms with van der Waals surface area (Å²) < 4.78 is 21.7. The highest BCUT2D eigenvalue weighted by Gasteiger charge is 2.36. The number of fused-ring (bicyclic) bond motifs is 1. The molecule has 0 aromatic heterocycles. The van der Waals surface area contributed by atoms with Crippen molar-refractivity contribution in [2.75, 3.05) is 46.8 Å². The van der Waals surface area contributed by atoms with Crippen LogP contribution >= 0.6 is 0 Å². The van der Waals surface area contributed by atoms with E-state index in [1.54, 1.807) is 7.11 Å². The van der Waals surface area contributed by atoms with Gasteiger partial charge in [-0.05, 0) is 43.7 Å². The zero-order chi connectivity index (χ0) is 19.0. The van der Waals surface area contributed by atoms with Crippen molar-refractivity contribution >= 4 is 5.96 Å². The molecule has 1 aromatic carbocycles. The van der Waals surface area contributed by atoms with E-state index in [1.165, 1.54) is 19.3 Å². The van der Waals surface area contributed by atoms with Gasteiger partial charge in [0.05, 0.1) is 6.54 Å². The van der Waals surface area contributed by atoms with Gasteiger partial charge in [0.1, 0.15) is 12.4 Å². The molecule has 0 radical (unpaired) electrons. The zero-order valence-electron chi connectivity index (χ0n) is 16.4. The standard InChI is InChI=1S/C20H31N3O4/c1-3-21-19(23-14-20(7-4-8-20)9-11-24-2)22-10-12-25-16-5-6-17-18(13-16)27-15-26-17/h5-6,13H,3-4,7-12,14-15H2,1-2H3,(H2,21,22,23). The van der Waals surface area contributed by atoms with E-state index >= 15 is 0 Å². The zero-order valence-corrected chi connectivity index (χ0v) is 16.4. The first-order chi connectivity index (χ1) is 13.2. The van der Waals surface area contributed by atoms with Gasteiger partial charge >= 0.3 is 0 Å². The van der Waals surface area contributed by atoms with Gasteiger partial charge in [-0.1, -0.05) is 6.42 Å². The van der Waals surface area contributed by atoms with Gasteiger partial charge in [-0.3, -0.25) is 4.99 Å². The third-order valence-electron chi connectivity index (χ3n) is 5.17. The van der Waals surface area contributed by atoms with Crippen molar-refractivity contribution in [1.29, 1.82) is 0 Å². The quantitative estimate of drug-likeness (QED) is 0.371. The first-order valence-corrected chi connectivity index (χ1v) is 9.78. The maximum absolute atomic E-state index is 5.79. The molecule has 1 saturated carbocycles. The van der Waals surface area contributed by atoms with Crippen LogP contribution in [0.3, 0.4) is 0 Å². The average Bonchev–Trinajstić information content (AvgIpc) is 3.11. The number of guanidine groups is 1. The second-order valence-corrected chi connectivity index (χ2v) is 7.08. The highest BCUT2D eigenvalue weighted by atomic mass is 16.7. The molecule has 1 heterocycles. The summed E-state index contributed by atoms with van der Waals surface area (Å²) in [5.41, 5.74) is 0.321. The monoisotopic (exact) mass is 377 g/mol. The lowest BCUT2D eigenvalue weighted by atomic mass is 9.67. The molecule has 1 aliphatic heterocycles. The number of nitrogens with zero attached hydrogens (tertiary/aromatic N) is 1. The number of benzene rings is 1. The molecule has 0 saturated heterocycles. The summed E-state index contributed by atoms with van der Waals surface area (Å²) in [6.07, 6.45) is 4.87. The Bertz CT molecular complexity index is 632. The summed E-state index contributed by atoms with van der Waals surface area (Å²) in [4.78, 5) is 4.80. The number of hydrogen-bond acceptors (Lipinski definition) is 5. The van der Waals surface area contributed by atoms with Gasteiger partial charge in [-0.25, -0.2) is 0 Å². The maximum atomic E-state index is 5.79. The number of rotatable bonds is 10. The average molecular weight is 377 g/mol. The van der Waals surface area contributed by atoms with Crippen molar-refractivity contribution in [3.8, 4) is 17.2 Å². The van der Waals surface area contributed by atoms with Gasteiger partial charge in [-0.2, -0.15) is 0 Å². The maximum Gasteiger partial charge on any atom is 0.231 e. The van der Waals surface area contributed by atoms with Crippen molar-refractivity contribution in [3.63, 3.8) is 0 Å². The molecule has 150 valence electrons. The Morgan fingerprint density at radius 3 is 2.78 bits per heavy atom. The molecule has 0 atom stereocenters. The third kappa shape index (κ3) is 5.42. The molecule has 0 unspecified atom stereocenters. The second kappa shape index (κ2) is 9.69. The second-order valence-electron chi connectivity index (χ2n) is 7.08. The first kappa shape index (κ1) is 19.6. The highest BCUT2D eigenvalue weighted by molar-refractivity contribution is 5.79. The topological polar surface area (TPSA) is 73.3 Å². The van der Waals surface area contributed by atoms with E-state index < -0.39 is 0 Å². The van der Waals surface area contributed by atoms with Crippen molar-refractivity contribution in [1.82, 2.24) is 10.6 Å². The van der Waals surface area contributed by atoms with Gasteiger partial charge in [0.2, 0.25) is 6.79 Å². The Balaban J connectivity index is 1.43. The van der Waals surface area contributed by atoms with Crippen LogP contribution < -0.4 is 24.8 Å². The molecule has 0 bridgehead atoms. The van der Waals surface area contributed by atoms with E-state index in [1.807, 2.05) is 18.2 Å². The van der Waals surface area contributed by atoms with E-state index in [9.17, 15) is 0 Å². The van der Waals surface area contributed by atoms with Crippen LogP contribution in [0.2, 0.25) is 0 Å². The van der Waals surface area contributed by atoms with E-state index in [2.05, 4.69) is 17.6 Å². The van der Waals surface area contributed by atoms with E-state index in [-0.39, 0.29) is 6.79 Å². The minimum Gasteiger partial charge on any atom is -0.492 e. The van der Waals surface area contributed by atoms with Crippen LogP contribution in [0.15, 0.2) is 23.2 Å². The molecule has 2 aliphatic rings. The molecular weight excluding hydrogens is 346 g/mol. The minimum absolute atomic E-state index is 0.273. The highest BCUT2D eigenvalue weighted by Crippen LogP contribution is 2.44. The number of methoxy groups -OCH3 is 1. The van der Waals surface area contributed by atoms with Crippen molar-refractivity contribution in [3.05, 3.63) is 18.2 Å². The fourth-order valence-electron chi connectivity index (χ4n) is 3.38. The Kier molecular flexibility index (Phi) is 7.04. The molecule has 1 fully saturated rings. The smallest absolute Gasteiger partial charge is 0.231 e. The predicted octanol–water partition coefficient (Wildman–Crippen LogP) is 2.56. The Hall–Kier alpha value is -2.15. The van der Waals surface area contributed by atoms with Crippen LogP contribution in [0.4, 0.5) is 0 Å². The Morgan fingerprint density at radius 1 is 1.19 bits per heavy atom. The number of aliphatic imine (C=N–C) groups is 1. The largest absolute Gasteiger partial charge is 0.492 e. The number of ether oxygens (including phenoxy) is 4. The summed E-state index contributed by atoms with van der Waals surface area (Å²) in [5, 5.41) is 6.65. The van der Waals surface area contributed by atoms with Gasteiger partial charge in [0.25, 0.3) is 0 Å². The molecule has 7 heteroatoms. The fraction of sp³-hybridized carbons (Fsp3) is 0.650. The van der Waals surface area contributed by atoms with Crippen LogP contribution in [0, 0.1) is 5.41 Å². The van der Waals surface area contributed by atoms with Crippen LogP contribution in [0.1, 0.15) is 32.6 Å². The lowest BCUT2D eigenvalue weighted by molar-refractivity contribution is 0.0778. The van der Waals surface area contributed by atoms with Crippen LogP contribution in [-0.2, 0) is 4.74 Å². The molecule has 1 aliphatic carbocycles. The van der Waals surface area contributed by atoms with E-state index in [0.717, 1.165) is 49.3 Å². The SMILES string of the molecule is CCNC(=NCC1(CCOC)CCC1)NCCOc1ccc2c(c1)OCO2. The summed E-state index contributed by atoms with van der Waals surface area (Å²) in [7, 11) is 1.77.